The first-order valence-electron chi connectivity index (χ1n) is 8.36. The molecule has 2 aromatic carbocycles. The quantitative estimate of drug-likeness (QED) is 0.837. The summed E-state index contributed by atoms with van der Waals surface area (Å²) in [5, 5.41) is 3.31. The van der Waals surface area contributed by atoms with Crippen molar-refractivity contribution >= 4 is 28.2 Å². The molecule has 1 aliphatic rings. The van der Waals surface area contributed by atoms with Gasteiger partial charge in [0.05, 0.1) is 18.0 Å². The van der Waals surface area contributed by atoms with Gasteiger partial charge in [-0.15, -0.1) is 12.4 Å². The Labute approximate surface area is 165 Å². The van der Waals surface area contributed by atoms with Gasteiger partial charge in [-0.3, -0.25) is 4.79 Å². The summed E-state index contributed by atoms with van der Waals surface area (Å²) in [6.45, 7) is 1.83. The number of sulfone groups is 1. The van der Waals surface area contributed by atoms with Crippen LogP contribution in [0.2, 0.25) is 0 Å². The van der Waals surface area contributed by atoms with Gasteiger partial charge in [-0.05, 0) is 24.3 Å². The van der Waals surface area contributed by atoms with E-state index in [9.17, 15) is 13.2 Å². The Balaban J connectivity index is 0.00000261. The number of halogens is 1. The average Bonchev–Trinajstić information content (AvgIpc) is 2.67. The molecular formula is C19H23ClN2O4S. The summed E-state index contributed by atoms with van der Waals surface area (Å²) >= 11 is 0. The Morgan fingerprint density at radius 3 is 2.63 bits per heavy atom. The molecule has 1 heterocycles. The van der Waals surface area contributed by atoms with Crippen LogP contribution in [0.1, 0.15) is 22.0 Å². The van der Waals surface area contributed by atoms with E-state index in [-0.39, 0.29) is 29.3 Å². The third-order valence-corrected chi connectivity index (χ3v) is 5.62. The van der Waals surface area contributed by atoms with Gasteiger partial charge < -0.3 is 15.0 Å². The molecule has 1 N–H and O–H groups in total. The number of benzene rings is 2. The van der Waals surface area contributed by atoms with Crippen molar-refractivity contribution in [3.63, 3.8) is 0 Å². The molecule has 146 valence electrons. The molecule has 6 nitrogen and oxygen atoms in total. The van der Waals surface area contributed by atoms with E-state index >= 15 is 0 Å². The molecule has 1 atom stereocenters. The fourth-order valence-corrected chi connectivity index (χ4v) is 3.86. The summed E-state index contributed by atoms with van der Waals surface area (Å²) in [7, 11) is -1.76. The average molecular weight is 411 g/mol. The predicted molar refractivity (Wildman–Crippen MR) is 106 cm³/mol. The lowest BCUT2D eigenvalue weighted by Gasteiger charge is -2.37. The lowest BCUT2D eigenvalue weighted by atomic mass is 10.0. The number of para-hydroxylation sites is 1. The zero-order valence-electron chi connectivity index (χ0n) is 15.2. The van der Waals surface area contributed by atoms with Crippen molar-refractivity contribution in [1.82, 2.24) is 10.2 Å². The standard InChI is InChI=1S/C19H22N2O4S.ClH/c1-25-18-9-4-3-8-16(18)17-13-20-10-11-21(17)19(22)14-6-5-7-15(12-14)26(2,23)24;/h3-9,12,17,20H,10-11,13H2,1-2H3;1H. The molecule has 0 spiro atoms. The Hall–Kier alpha value is -2.09. The number of carbonyl (C=O) groups is 1. The van der Waals surface area contributed by atoms with Crippen molar-refractivity contribution in [2.75, 3.05) is 33.0 Å². The second kappa shape index (κ2) is 8.73. The Bertz CT molecular complexity index is 917. The van der Waals surface area contributed by atoms with Crippen molar-refractivity contribution in [3.8, 4) is 5.75 Å². The Morgan fingerprint density at radius 1 is 1.19 bits per heavy atom. The molecule has 1 fully saturated rings. The minimum atomic E-state index is -3.37. The van der Waals surface area contributed by atoms with E-state index in [1.807, 2.05) is 24.3 Å². The maximum atomic E-state index is 13.1. The molecule has 0 bridgehead atoms. The van der Waals surface area contributed by atoms with Crippen LogP contribution in [0.5, 0.6) is 5.75 Å². The van der Waals surface area contributed by atoms with Crippen LogP contribution >= 0.6 is 12.4 Å². The predicted octanol–water partition coefficient (Wildman–Crippen LogP) is 2.31. The summed E-state index contributed by atoms with van der Waals surface area (Å²) in [5.41, 5.74) is 1.30. The molecule has 0 aliphatic carbocycles. The summed E-state index contributed by atoms with van der Waals surface area (Å²) in [5.74, 6) is 0.539. The summed E-state index contributed by atoms with van der Waals surface area (Å²) < 4.78 is 29.1. The molecule has 2 aromatic rings. The van der Waals surface area contributed by atoms with E-state index in [1.54, 1.807) is 24.1 Å². The highest BCUT2D eigenvalue weighted by molar-refractivity contribution is 7.90. The van der Waals surface area contributed by atoms with Crippen LogP contribution in [0.4, 0.5) is 0 Å². The van der Waals surface area contributed by atoms with Crippen molar-refractivity contribution in [2.45, 2.75) is 10.9 Å². The summed E-state index contributed by atoms with van der Waals surface area (Å²) in [6, 6.07) is 13.6. The SMILES string of the molecule is COc1ccccc1C1CNCCN1C(=O)c1cccc(S(C)(=O)=O)c1.Cl. The number of carbonyl (C=O) groups excluding carboxylic acids is 1. The van der Waals surface area contributed by atoms with Crippen molar-refractivity contribution in [1.29, 1.82) is 0 Å². The van der Waals surface area contributed by atoms with Gasteiger partial charge in [0, 0.05) is 37.0 Å². The Morgan fingerprint density at radius 2 is 1.93 bits per heavy atom. The highest BCUT2D eigenvalue weighted by Crippen LogP contribution is 2.31. The summed E-state index contributed by atoms with van der Waals surface area (Å²) in [6.07, 6.45) is 1.14. The van der Waals surface area contributed by atoms with Crippen LogP contribution in [0.3, 0.4) is 0 Å². The summed E-state index contributed by atoms with van der Waals surface area (Å²) in [4.78, 5) is 15.0. The van der Waals surface area contributed by atoms with E-state index in [2.05, 4.69) is 5.32 Å². The van der Waals surface area contributed by atoms with Gasteiger partial charge >= 0.3 is 0 Å². The smallest absolute Gasteiger partial charge is 0.254 e. The lowest BCUT2D eigenvalue weighted by Crippen LogP contribution is -2.48. The molecule has 1 unspecified atom stereocenters. The fourth-order valence-electron chi connectivity index (χ4n) is 3.19. The first-order valence-corrected chi connectivity index (χ1v) is 10.3. The van der Waals surface area contributed by atoms with Crippen molar-refractivity contribution in [2.24, 2.45) is 0 Å². The van der Waals surface area contributed by atoms with Gasteiger partial charge in [-0.2, -0.15) is 0 Å². The number of methoxy groups -OCH3 is 1. The lowest BCUT2D eigenvalue weighted by molar-refractivity contribution is 0.0631. The maximum Gasteiger partial charge on any atom is 0.254 e. The highest BCUT2D eigenvalue weighted by Gasteiger charge is 2.30. The molecule has 1 amide bonds. The fraction of sp³-hybridized carbons (Fsp3) is 0.316. The van der Waals surface area contributed by atoms with Gasteiger partial charge in [-0.25, -0.2) is 8.42 Å². The van der Waals surface area contributed by atoms with Crippen LogP contribution in [0.15, 0.2) is 53.4 Å². The van der Waals surface area contributed by atoms with E-state index in [0.29, 0.717) is 25.2 Å². The topological polar surface area (TPSA) is 75.7 Å². The Kier molecular flexibility index (Phi) is 6.86. The number of nitrogens with one attached hydrogen (secondary N) is 1. The minimum absolute atomic E-state index is 0. The van der Waals surface area contributed by atoms with Crippen LogP contribution in [-0.2, 0) is 9.84 Å². The van der Waals surface area contributed by atoms with Crippen molar-refractivity contribution in [3.05, 3.63) is 59.7 Å². The van der Waals surface area contributed by atoms with Crippen LogP contribution < -0.4 is 10.1 Å². The molecule has 1 saturated heterocycles. The molecule has 1 aliphatic heterocycles. The van der Waals surface area contributed by atoms with Crippen LogP contribution in [-0.4, -0.2) is 52.2 Å². The number of hydrogen-bond acceptors (Lipinski definition) is 5. The largest absolute Gasteiger partial charge is 0.496 e. The molecule has 27 heavy (non-hydrogen) atoms. The van der Waals surface area contributed by atoms with Crippen LogP contribution in [0.25, 0.3) is 0 Å². The zero-order valence-corrected chi connectivity index (χ0v) is 16.8. The van der Waals surface area contributed by atoms with Gasteiger partial charge in [0.25, 0.3) is 5.91 Å². The molecule has 8 heteroatoms. The van der Waals surface area contributed by atoms with Gasteiger partial charge in [0.1, 0.15) is 5.75 Å². The number of rotatable bonds is 4. The van der Waals surface area contributed by atoms with E-state index in [4.69, 9.17) is 4.74 Å². The van der Waals surface area contributed by atoms with Gasteiger partial charge in [0.2, 0.25) is 0 Å². The maximum absolute atomic E-state index is 13.1. The molecule has 3 rings (SSSR count). The molecule has 0 saturated carbocycles. The molecular weight excluding hydrogens is 388 g/mol. The monoisotopic (exact) mass is 410 g/mol. The first kappa shape index (κ1) is 21.2. The number of piperazine rings is 1. The number of amides is 1. The second-order valence-electron chi connectivity index (χ2n) is 6.26. The van der Waals surface area contributed by atoms with E-state index < -0.39 is 9.84 Å². The van der Waals surface area contributed by atoms with E-state index in [0.717, 1.165) is 17.6 Å². The first-order chi connectivity index (χ1) is 12.4. The number of ether oxygens (including phenoxy) is 1. The van der Waals surface area contributed by atoms with E-state index in [1.165, 1.54) is 12.1 Å². The highest BCUT2D eigenvalue weighted by atomic mass is 35.5. The molecule has 0 radical (unpaired) electrons. The second-order valence-corrected chi connectivity index (χ2v) is 8.28. The molecule has 0 aromatic heterocycles. The third kappa shape index (κ3) is 4.61. The minimum Gasteiger partial charge on any atom is -0.496 e. The third-order valence-electron chi connectivity index (χ3n) is 4.51. The number of hydrogen-bond donors (Lipinski definition) is 1. The van der Waals surface area contributed by atoms with Crippen molar-refractivity contribution < 1.29 is 17.9 Å². The normalized spacial score (nSPS) is 17.1. The van der Waals surface area contributed by atoms with Crippen LogP contribution in [0, 0.1) is 0 Å². The van der Waals surface area contributed by atoms with Gasteiger partial charge in [0.15, 0.2) is 9.84 Å². The van der Waals surface area contributed by atoms with Gasteiger partial charge in [-0.1, -0.05) is 24.3 Å². The zero-order chi connectivity index (χ0) is 18.7. The number of nitrogens with zero attached hydrogens (tertiary/aromatic N) is 1.